The smallest absolute Gasteiger partial charge is 0.255 e. The van der Waals surface area contributed by atoms with Gasteiger partial charge >= 0.3 is 0 Å². The lowest BCUT2D eigenvalue weighted by Crippen LogP contribution is -2.50. The number of hydrogen-bond acceptors (Lipinski definition) is 3. The number of halogens is 1. The van der Waals surface area contributed by atoms with Crippen LogP contribution in [0.1, 0.15) is 38.5 Å². The monoisotopic (exact) mass is 548 g/mol. The van der Waals surface area contributed by atoms with E-state index in [1.165, 1.54) is 4.90 Å². The van der Waals surface area contributed by atoms with E-state index in [1.54, 1.807) is 48.5 Å². The quantitative estimate of drug-likeness (QED) is 0.258. The van der Waals surface area contributed by atoms with E-state index in [4.69, 9.17) is 0 Å². The minimum Gasteiger partial charge on any atom is -0.322 e. The highest BCUT2D eigenvalue weighted by Gasteiger charge is 2.67. The van der Waals surface area contributed by atoms with Crippen LogP contribution in [0.5, 0.6) is 0 Å². The van der Waals surface area contributed by atoms with Gasteiger partial charge in [0.1, 0.15) is 0 Å². The molecule has 37 heavy (non-hydrogen) atoms. The lowest BCUT2D eigenvalue weighted by atomic mass is 9.55. The van der Waals surface area contributed by atoms with Crippen molar-refractivity contribution in [1.29, 1.82) is 0 Å². The lowest BCUT2D eigenvalue weighted by Gasteiger charge is -2.51. The van der Waals surface area contributed by atoms with E-state index >= 15 is 0 Å². The Labute approximate surface area is 222 Å². The average molecular weight is 549 g/mol. The van der Waals surface area contributed by atoms with Gasteiger partial charge in [-0.25, -0.2) is 4.90 Å². The zero-order valence-electron chi connectivity index (χ0n) is 19.6. The third-order valence-electron chi connectivity index (χ3n) is 7.91. The first-order chi connectivity index (χ1) is 18.0. The number of anilines is 2. The molecule has 0 spiro atoms. The first-order valence-corrected chi connectivity index (χ1v) is 13.0. The van der Waals surface area contributed by atoms with Crippen LogP contribution in [0.3, 0.4) is 0 Å². The molecular weight excluding hydrogens is 528 g/mol. The standard InChI is InChI=1S/C31H21BrN2O3/c32-31-23-15-6-4-13-21(23)25(22-14-5-7-16-24(22)31)26-27(31)30(37)34(29(26)36)20-12-8-11-19(17-20)33-28(35)18-9-2-1-3-10-18/h1-17,25-27H,(H,33,35)/t25?,26-,27+,31?/m0/s1. The molecule has 3 aliphatic carbocycles. The summed E-state index contributed by atoms with van der Waals surface area (Å²) >= 11 is 4.02. The van der Waals surface area contributed by atoms with E-state index in [2.05, 4.69) is 45.5 Å². The Kier molecular flexibility index (Phi) is 4.79. The molecule has 0 radical (unpaired) electrons. The van der Waals surface area contributed by atoms with Crippen molar-refractivity contribution in [2.75, 3.05) is 10.2 Å². The molecule has 0 saturated carbocycles. The first kappa shape index (κ1) is 22.2. The molecule has 4 aliphatic rings. The maximum absolute atomic E-state index is 14.1. The summed E-state index contributed by atoms with van der Waals surface area (Å²) in [6.45, 7) is 0. The largest absolute Gasteiger partial charge is 0.322 e. The SMILES string of the molecule is O=C(Nc1cccc(N2C(=O)[C@H]3C4c5ccccc5C(Br)(c5ccccc54)[C@H]3C2=O)c1)c1ccccc1. The van der Waals surface area contributed by atoms with Gasteiger partial charge in [-0.15, -0.1) is 0 Å². The molecule has 1 saturated heterocycles. The van der Waals surface area contributed by atoms with Gasteiger partial charge in [-0.3, -0.25) is 14.4 Å². The zero-order valence-corrected chi connectivity index (χ0v) is 21.2. The summed E-state index contributed by atoms with van der Waals surface area (Å²) in [5.74, 6) is -1.98. The van der Waals surface area contributed by atoms with Crippen LogP contribution >= 0.6 is 15.9 Å². The molecule has 0 unspecified atom stereocenters. The summed E-state index contributed by atoms with van der Waals surface area (Å²) in [5.41, 5.74) is 5.78. The van der Waals surface area contributed by atoms with E-state index < -0.39 is 16.2 Å². The maximum Gasteiger partial charge on any atom is 0.255 e. The fraction of sp³-hybridized carbons (Fsp3) is 0.129. The molecule has 1 fully saturated rings. The highest BCUT2D eigenvalue weighted by atomic mass is 79.9. The molecule has 4 aromatic rings. The predicted octanol–water partition coefficient (Wildman–Crippen LogP) is 5.84. The van der Waals surface area contributed by atoms with Crippen molar-refractivity contribution in [2.24, 2.45) is 11.8 Å². The van der Waals surface area contributed by atoms with Crippen molar-refractivity contribution in [3.8, 4) is 0 Å². The van der Waals surface area contributed by atoms with Crippen LogP contribution in [0, 0.1) is 11.8 Å². The van der Waals surface area contributed by atoms with Crippen molar-refractivity contribution in [1.82, 2.24) is 0 Å². The van der Waals surface area contributed by atoms with Crippen molar-refractivity contribution in [3.05, 3.63) is 131 Å². The molecule has 3 amide bonds. The number of benzene rings is 4. The van der Waals surface area contributed by atoms with Crippen LogP contribution in [-0.4, -0.2) is 17.7 Å². The van der Waals surface area contributed by atoms with Crippen molar-refractivity contribution in [2.45, 2.75) is 10.2 Å². The molecule has 4 aromatic carbocycles. The van der Waals surface area contributed by atoms with E-state index in [0.29, 0.717) is 16.9 Å². The Hall–Kier alpha value is -4.03. The molecule has 6 heteroatoms. The topological polar surface area (TPSA) is 66.5 Å². The number of hydrogen-bond donors (Lipinski definition) is 1. The summed E-state index contributed by atoms with van der Waals surface area (Å²) in [4.78, 5) is 42.2. The van der Waals surface area contributed by atoms with Gasteiger partial charge in [0.05, 0.1) is 21.8 Å². The molecule has 0 aromatic heterocycles. The first-order valence-electron chi connectivity index (χ1n) is 12.2. The number of amides is 3. The maximum atomic E-state index is 14.1. The lowest BCUT2D eigenvalue weighted by molar-refractivity contribution is -0.122. The third kappa shape index (κ3) is 2.99. The van der Waals surface area contributed by atoms with E-state index in [0.717, 1.165) is 22.3 Å². The third-order valence-corrected chi connectivity index (χ3v) is 9.26. The summed E-state index contributed by atoms with van der Waals surface area (Å²) in [6.07, 6.45) is 0. The Morgan fingerprint density at radius 1 is 0.757 bits per heavy atom. The molecule has 2 atom stereocenters. The average Bonchev–Trinajstić information content (AvgIpc) is 3.20. The van der Waals surface area contributed by atoms with Crippen molar-refractivity contribution >= 4 is 45.0 Å². The number of rotatable bonds is 3. The van der Waals surface area contributed by atoms with E-state index in [-0.39, 0.29) is 23.6 Å². The molecule has 180 valence electrons. The van der Waals surface area contributed by atoms with Crippen molar-refractivity contribution in [3.63, 3.8) is 0 Å². The van der Waals surface area contributed by atoms with Crippen molar-refractivity contribution < 1.29 is 14.4 Å². The highest BCUT2D eigenvalue weighted by Crippen LogP contribution is 2.66. The van der Waals surface area contributed by atoms with Crippen LogP contribution in [0.2, 0.25) is 0 Å². The van der Waals surface area contributed by atoms with Gasteiger partial charge in [-0.2, -0.15) is 0 Å². The van der Waals surface area contributed by atoms with E-state index in [9.17, 15) is 14.4 Å². The van der Waals surface area contributed by atoms with Gasteiger partial charge < -0.3 is 5.32 Å². The molecule has 1 N–H and O–H groups in total. The fourth-order valence-corrected chi connectivity index (χ4v) is 7.65. The second-order valence-corrected chi connectivity index (χ2v) is 11.0. The van der Waals surface area contributed by atoms with Gasteiger partial charge in [-0.1, -0.05) is 88.7 Å². The molecule has 2 bridgehead atoms. The van der Waals surface area contributed by atoms with Crippen LogP contribution in [0.4, 0.5) is 11.4 Å². The zero-order chi connectivity index (χ0) is 25.3. The van der Waals surface area contributed by atoms with Gasteiger partial charge in [0, 0.05) is 17.2 Å². The second-order valence-electron chi connectivity index (χ2n) is 9.75. The van der Waals surface area contributed by atoms with Gasteiger partial charge in [0.25, 0.3) is 5.91 Å². The van der Waals surface area contributed by atoms with Crippen LogP contribution in [0.15, 0.2) is 103 Å². The molecule has 8 rings (SSSR count). The van der Waals surface area contributed by atoms with E-state index in [1.807, 2.05) is 30.3 Å². The van der Waals surface area contributed by atoms with Gasteiger partial charge in [-0.05, 0) is 52.6 Å². The second kappa shape index (κ2) is 7.98. The Bertz CT molecular complexity index is 1570. The number of nitrogens with zero attached hydrogens (tertiary/aromatic N) is 1. The summed E-state index contributed by atoms with van der Waals surface area (Å²) in [7, 11) is 0. The van der Waals surface area contributed by atoms with Crippen LogP contribution in [0.25, 0.3) is 0 Å². The number of alkyl halides is 1. The fourth-order valence-electron chi connectivity index (χ4n) is 6.45. The van der Waals surface area contributed by atoms with Crippen LogP contribution in [-0.2, 0) is 13.9 Å². The highest BCUT2D eigenvalue weighted by molar-refractivity contribution is 9.09. The Morgan fingerprint density at radius 2 is 1.38 bits per heavy atom. The summed E-state index contributed by atoms with van der Waals surface area (Å²) < 4.78 is -0.791. The Morgan fingerprint density at radius 3 is 2.05 bits per heavy atom. The van der Waals surface area contributed by atoms with Gasteiger partial charge in [0.15, 0.2) is 0 Å². The minimum atomic E-state index is -0.791. The Balaban J connectivity index is 1.30. The van der Waals surface area contributed by atoms with Gasteiger partial charge in [0.2, 0.25) is 11.8 Å². The molecular formula is C31H21BrN2O3. The summed E-state index contributed by atoms with van der Waals surface area (Å²) in [5, 5.41) is 2.88. The number of carbonyl (C=O) groups is 3. The normalized spacial score (nSPS) is 24.9. The molecule has 5 nitrogen and oxygen atoms in total. The predicted molar refractivity (Wildman–Crippen MR) is 145 cm³/mol. The number of nitrogens with one attached hydrogen (secondary N) is 1. The summed E-state index contributed by atoms with van der Waals surface area (Å²) in [6, 6.07) is 32.1. The molecule has 1 heterocycles. The molecule has 1 aliphatic heterocycles. The number of carbonyl (C=O) groups excluding carboxylic acids is 3. The number of imide groups is 1. The minimum absolute atomic E-state index is 0.195. The van der Waals surface area contributed by atoms with Crippen LogP contribution < -0.4 is 10.2 Å².